The van der Waals surface area contributed by atoms with Crippen LogP contribution in [-0.4, -0.2) is 37.5 Å². The first-order valence-electron chi connectivity index (χ1n) is 12.9. The third-order valence-corrected chi connectivity index (χ3v) is 7.69. The predicted octanol–water partition coefficient (Wildman–Crippen LogP) is 4.68. The van der Waals surface area contributed by atoms with Crippen molar-refractivity contribution in [3.8, 4) is 5.82 Å². The van der Waals surface area contributed by atoms with Crippen molar-refractivity contribution in [1.82, 2.24) is 29.6 Å². The van der Waals surface area contributed by atoms with Gasteiger partial charge in [-0.15, -0.1) is 0 Å². The first kappa shape index (κ1) is 23.8. The number of nitrogens with one attached hydrogen (secondary N) is 2. The molecule has 2 N–H and O–H groups in total. The van der Waals surface area contributed by atoms with Crippen molar-refractivity contribution in [2.75, 3.05) is 18.5 Å². The minimum Gasteiger partial charge on any atom is -0.324 e. The van der Waals surface area contributed by atoms with E-state index in [0.29, 0.717) is 22.8 Å². The van der Waals surface area contributed by atoms with E-state index in [2.05, 4.69) is 41.6 Å². The number of fused-ring (bicyclic) bond motifs is 2. The molecule has 4 heterocycles. The number of halogens is 1. The van der Waals surface area contributed by atoms with Crippen LogP contribution < -0.4 is 16.2 Å². The Kier molecular flexibility index (Phi) is 5.45. The van der Waals surface area contributed by atoms with Gasteiger partial charge in [-0.1, -0.05) is 26.0 Å². The van der Waals surface area contributed by atoms with E-state index in [1.807, 2.05) is 38.1 Å². The van der Waals surface area contributed by atoms with Crippen LogP contribution in [0.25, 0.3) is 16.9 Å². The van der Waals surface area contributed by atoms with Crippen molar-refractivity contribution < 1.29 is 4.39 Å². The highest BCUT2D eigenvalue weighted by atomic mass is 19.1. The fourth-order valence-electron chi connectivity index (χ4n) is 5.40. The van der Waals surface area contributed by atoms with Gasteiger partial charge in [0.05, 0.1) is 5.69 Å². The van der Waals surface area contributed by atoms with Gasteiger partial charge in [0.2, 0.25) is 5.95 Å². The Morgan fingerprint density at radius 1 is 1.16 bits per heavy atom. The number of pyridine rings is 1. The molecule has 1 aromatic carbocycles. The molecule has 4 aromatic rings. The number of nitrogens with zero attached hydrogens (tertiary/aromatic N) is 5. The highest BCUT2D eigenvalue weighted by molar-refractivity contribution is 5.77. The summed E-state index contributed by atoms with van der Waals surface area (Å²) in [6.07, 6.45) is 3.14. The Hall–Kier alpha value is -3.59. The first-order valence-corrected chi connectivity index (χ1v) is 12.9. The van der Waals surface area contributed by atoms with E-state index in [1.165, 1.54) is 11.1 Å². The molecule has 0 amide bonds. The third-order valence-electron chi connectivity index (χ3n) is 7.69. The van der Waals surface area contributed by atoms with Crippen LogP contribution >= 0.6 is 0 Å². The molecule has 1 aliphatic heterocycles. The quantitative estimate of drug-likeness (QED) is 0.399. The number of hydrogen-bond donors (Lipinski definition) is 2. The molecule has 9 heteroatoms. The lowest BCUT2D eigenvalue weighted by Crippen LogP contribution is -2.38. The minimum absolute atomic E-state index is 0.0695. The molecule has 0 radical (unpaired) electrons. The summed E-state index contributed by atoms with van der Waals surface area (Å²) >= 11 is 0. The molecular weight excluding hydrogens is 469 g/mol. The zero-order valence-corrected chi connectivity index (χ0v) is 21.7. The second-order valence-electron chi connectivity index (χ2n) is 11.3. The van der Waals surface area contributed by atoms with Crippen molar-refractivity contribution in [3.05, 3.63) is 69.8 Å². The Morgan fingerprint density at radius 3 is 2.70 bits per heavy atom. The van der Waals surface area contributed by atoms with E-state index < -0.39 is 12.1 Å². The lowest BCUT2D eigenvalue weighted by Gasteiger charge is -2.33. The topological polar surface area (TPSA) is 89.7 Å². The summed E-state index contributed by atoms with van der Waals surface area (Å²) in [5.41, 5.74) is 4.03. The van der Waals surface area contributed by atoms with Crippen LogP contribution in [0.2, 0.25) is 0 Å². The summed E-state index contributed by atoms with van der Waals surface area (Å²) in [6, 6.07) is 11.8. The average Bonchev–Trinajstić information content (AvgIpc) is 3.62. The maximum absolute atomic E-state index is 13.8. The molecule has 0 spiro atoms. The summed E-state index contributed by atoms with van der Waals surface area (Å²) in [6.45, 7) is 9.69. The van der Waals surface area contributed by atoms with Crippen molar-refractivity contribution in [2.24, 2.45) is 0 Å². The average molecular weight is 502 g/mol. The lowest BCUT2D eigenvalue weighted by atomic mass is 9.79. The van der Waals surface area contributed by atoms with Crippen LogP contribution in [0.3, 0.4) is 0 Å². The van der Waals surface area contributed by atoms with Crippen molar-refractivity contribution >= 4 is 22.7 Å². The monoisotopic (exact) mass is 501 g/mol. The smallest absolute Gasteiger partial charge is 0.278 e. The number of alkyl halides is 1. The van der Waals surface area contributed by atoms with Crippen LogP contribution in [0, 0.1) is 0 Å². The Bertz CT molecular complexity index is 1560. The molecule has 0 atom stereocenters. The molecule has 1 aliphatic carbocycles. The summed E-state index contributed by atoms with van der Waals surface area (Å²) in [5, 5.41) is 7.22. The second-order valence-corrected chi connectivity index (χ2v) is 11.3. The van der Waals surface area contributed by atoms with Gasteiger partial charge in [-0.2, -0.15) is 4.98 Å². The van der Waals surface area contributed by atoms with Gasteiger partial charge in [-0.3, -0.25) is 9.18 Å². The summed E-state index contributed by atoms with van der Waals surface area (Å²) < 4.78 is 17.2. The molecule has 37 heavy (non-hydrogen) atoms. The summed E-state index contributed by atoms with van der Waals surface area (Å²) in [7, 11) is 0. The van der Waals surface area contributed by atoms with Gasteiger partial charge in [0.25, 0.3) is 5.56 Å². The number of hydrogen-bond acceptors (Lipinski definition) is 6. The van der Waals surface area contributed by atoms with Crippen molar-refractivity contribution in [1.29, 1.82) is 0 Å². The van der Waals surface area contributed by atoms with Crippen LogP contribution in [0.1, 0.15) is 63.4 Å². The van der Waals surface area contributed by atoms with E-state index in [1.54, 1.807) is 15.6 Å². The van der Waals surface area contributed by atoms with Crippen molar-refractivity contribution in [3.63, 3.8) is 0 Å². The number of benzene rings is 1. The third kappa shape index (κ3) is 3.92. The number of aromatic nitrogens is 5. The predicted molar refractivity (Wildman–Crippen MR) is 143 cm³/mol. The Morgan fingerprint density at radius 2 is 1.97 bits per heavy atom. The number of anilines is 2. The molecule has 6 rings (SSSR count). The zero-order chi connectivity index (χ0) is 25.9. The molecule has 3 aromatic heterocycles. The van der Waals surface area contributed by atoms with Crippen molar-refractivity contribution in [2.45, 2.75) is 64.0 Å². The molecule has 0 bridgehead atoms. The second kappa shape index (κ2) is 8.48. The van der Waals surface area contributed by atoms with E-state index in [4.69, 9.17) is 9.97 Å². The Labute approximate surface area is 214 Å². The maximum atomic E-state index is 13.8. The zero-order valence-electron chi connectivity index (χ0n) is 21.7. The highest BCUT2D eigenvalue weighted by Crippen LogP contribution is 2.47. The van der Waals surface area contributed by atoms with Gasteiger partial charge in [0.15, 0.2) is 11.5 Å². The molecule has 1 saturated carbocycles. The molecule has 0 saturated heterocycles. The van der Waals surface area contributed by atoms with Crippen LogP contribution in [0.5, 0.6) is 0 Å². The maximum Gasteiger partial charge on any atom is 0.278 e. The van der Waals surface area contributed by atoms with Gasteiger partial charge >= 0.3 is 0 Å². The van der Waals surface area contributed by atoms with E-state index in [0.717, 1.165) is 37.3 Å². The molecule has 192 valence electrons. The van der Waals surface area contributed by atoms with E-state index in [-0.39, 0.29) is 17.0 Å². The standard InChI is InChI=1S/C28H32FN7O/c1-17(2)35-25(37)20-14-31-26(32-19-8-9-21-18(12-19)13-30-16-27(21,3)4)34-24(20)36(35)23-7-5-6-22(33-23)28(15-29)10-11-28/h5-9,12,14,17,30H,10-11,13,15-16H2,1-4H3,(H,31,32,34). The molecule has 1 fully saturated rings. The molecule has 0 unspecified atom stereocenters. The first-order chi connectivity index (χ1) is 17.7. The molecular formula is C28H32FN7O. The largest absolute Gasteiger partial charge is 0.324 e. The van der Waals surface area contributed by atoms with Crippen LogP contribution in [0.4, 0.5) is 16.0 Å². The fourth-order valence-corrected chi connectivity index (χ4v) is 5.40. The lowest BCUT2D eigenvalue weighted by molar-refractivity contribution is 0.410. The van der Waals surface area contributed by atoms with Gasteiger partial charge < -0.3 is 10.6 Å². The minimum atomic E-state index is -0.501. The fraction of sp³-hybridized carbons (Fsp3) is 0.429. The summed E-state index contributed by atoms with van der Waals surface area (Å²) in [4.78, 5) is 27.4. The van der Waals surface area contributed by atoms with Gasteiger partial charge in [-0.05, 0) is 62.1 Å². The molecule has 8 nitrogen and oxygen atoms in total. The highest BCUT2D eigenvalue weighted by Gasteiger charge is 2.46. The SMILES string of the molecule is CC(C)n1c(=O)c2cnc(Nc3ccc4c(c3)CNCC4(C)C)nc2n1-c1cccc(C2(CF)CC2)n1. The molecule has 2 aliphatic rings. The van der Waals surface area contributed by atoms with Gasteiger partial charge in [0.1, 0.15) is 12.1 Å². The van der Waals surface area contributed by atoms with E-state index in [9.17, 15) is 9.18 Å². The Balaban J connectivity index is 1.44. The van der Waals surface area contributed by atoms with Crippen LogP contribution in [0.15, 0.2) is 47.4 Å². The normalized spacial score (nSPS) is 17.7. The van der Waals surface area contributed by atoms with Crippen LogP contribution in [-0.2, 0) is 17.4 Å². The number of rotatable bonds is 6. The summed E-state index contributed by atoms with van der Waals surface area (Å²) in [5.74, 6) is 0.938. The van der Waals surface area contributed by atoms with E-state index >= 15 is 0 Å². The van der Waals surface area contributed by atoms with Gasteiger partial charge in [0, 0.05) is 41.8 Å². The van der Waals surface area contributed by atoms with Gasteiger partial charge in [-0.25, -0.2) is 19.3 Å².